The molecule has 1 saturated carbocycles. The van der Waals surface area contributed by atoms with E-state index >= 15 is 0 Å². The van der Waals surface area contributed by atoms with Gasteiger partial charge in [0.25, 0.3) is 0 Å². The Bertz CT molecular complexity index is 830. The van der Waals surface area contributed by atoms with Crippen LogP contribution in [-0.2, 0) is 7.05 Å². The molecule has 3 aromatic rings. The first-order chi connectivity index (χ1) is 11.1. The van der Waals surface area contributed by atoms with Gasteiger partial charge in [-0.3, -0.25) is 9.08 Å². The molecule has 120 valence electrons. The summed E-state index contributed by atoms with van der Waals surface area (Å²) in [5.74, 6) is 0. The van der Waals surface area contributed by atoms with Gasteiger partial charge < -0.3 is 9.64 Å². The molecule has 0 amide bonds. The number of fused-ring (bicyclic) bond motifs is 1. The highest BCUT2D eigenvalue weighted by molar-refractivity contribution is 5.62. The quantitative estimate of drug-likeness (QED) is 0.732. The molecule has 3 aromatic heterocycles. The monoisotopic (exact) mass is 312 g/mol. The molecular formula is C16H20N6O. The minimum atomic E-state index is 0.213. The molecule has 7 nitrogen and oxygen atoms in total. The van der Waals surface area contributed by atoms with Crippen molar-refractivity contribution in [2.45, 2.75) is 25.0 Å². The van der Waals surface area contributed by atoms with Crippen LogP contribution in [0.25, 0.3) is 16.9 Å². The molecule has 3 heterocycles. The summed E-state index contributed by atoms with van der Waals surface area (Å²) >= 11 is 0. The normalized spacial score (nSPS) is 20.9. The lowest BCUT2D eigenvalue weighted by atomic mass is 9.88. The number of rotatable bonds is 4. The van der Waals surface area contributed by atoms with Crippen LogP contribution in [0.15, 0.2) is 30.9 Å². The zero-order valence-corrected chi connectivity index (χ0v) is 13.5. The predicted octanol–water partition coefficient (Wildman–Crippen LogP) is 1.60. The third kappa shape index (κ3) is 2.57. The van der Waals surface area contributed by atoms with Gasteiger partial charge >= 0.3 is 6.01 Å². The second-order valence-corrected chi connectivity index (χ2v) is 6.31. The summed E-state index contributed by atoms with van der Waals surface area (Å²) in [6.45, 7) is 0. The molecule has 0 saturated heterocycles. The van der Waals surface area contributed by atoms with Gasteiger partial charge in [0.15, 0.2) is 0 Å². The molecular weight excluding hydrogens is 292 g/mol. The summed E-state index contributed by atoms with van der Waals surface area (Å²) in [5, 5.41) is 4.21. The molecule has 0 atom stereocenters. The molecule has 1 fully saturated rings. The summed E-state index contributed by atoms with van der Waals surface area (Å²) < 4.78 is 9.79. The van der Waals surface area contributed by atoms with Crippen LogP contribution in [0.3, 0.4) is 0 Å². The fourth-order valence-electron chi connectivity index (χ4n) is 2.88. The van der Waals surface area contributed by atoms with Crippen LogP contribution in [0.4, 0.5) is 0 Å². The van der Waals surface area contributed by atoms with Crippen LogP contribution in [0, 0.1) is 0 Å². The van der Waals surface area contributed by atoms with Crippen molar-refractivity contribution < 1.29 is 4.74 Å². The van der Waals surface area contributed by atoms with Crippen molar-refractivity contribution in [1.82, 2.24) is 29.0 Å². The van der Waals surface area contributed by atoms with Gasteiger partial charge in [0.1, 0.15) is 11.8 Å². The van der Waals surface area contributed by atoms with Gasteiger partial charge in [0.05, 0.1) is 11.9 Å². The fourth-order valence-corrected chi connectivity index (χ4v) is 2.88. The minimum absolute atomic E-state index is 0.213. The fraction of sp³-hybridized carbons (Fsp3) is 0.438. The smallest absolute Gasteiger partial charge is 0.303 e. The van der Waals surface area contributed by atoms with Gasteiger partial charge in [-0.05, 0) is 14.1 Å². The number of hydrogen-bond donors (Lipinski definition) is 0. The molecule has 4 rings (SSSR count). The van der Waals surface area contributed by atoms with E-state index in [0.717, 1.165) is 29.7 Å². The topological polar surface area (TPSA) is 60.5 Å². The van der Waals surface area contributed by atoms with Crippen LogP contribution in [0.5, 0.6) is 6.01 Å². The molecule has 0 spiro atoms. The second-order valence-electron chi connectivity index (χ2n) is 6.31. The summed E-state index contributed by atoms with van der Waals surface area (Å²) in [4.78, 5) is 11.3. The van der Waals surface area contributed by atoms with E-state index in [2.05, 4.69) is 34.1 Å². The summed E-state index contributed by atoms with van der Waals surface area (Å²) in [6, 6.07) is 3.15. The lowest BCUT2D eigenvalue weighted by molar-refractivity contribution is 0.0328. The van der Waals surface area contributed by atoms with Crippen molar-refractivity contribution in [1.29, 1.82) is 0 Å². The highest BCUT2D eigenvalue weighted by Crippen LogP contribution is 2.29. The SMILES string of the molecule is CN(C)C1CC(Oc2nc(-c3cnn(C)c3)cc3nccn23)C1. The first-order valence-corrected chi connectivity index (χ1v) is 7.76. The maximum atomic E-state index is 6.13. The highest BCUT2D eigenvalue weighted by atomic mass is 16.5. The Morgan fingerprint density at radius 1 is 1.30 bits per heavy atom. The third-order valence-corrected chi connectivity index (χ3v) is 4.43. The van der Waals surface area contributed by atoms with E-state index in [-0.39, 0.29) is 6.10 Å². The molecule has 0 bridgehead atoms. The molecule has 1 aliphatic carbocycles. The van der Waals surface area contributed by atoms with E-state index in [1.165, 1.54) is 0 Å². The summed E-state index contributed by atoms with van der Waals surface area (Å²) in [5.41, 5.74) is 2.62. The lowest BCUT2D eigenvalue weighted by Gasteiger charge is -2.38. The first-order valence-electron chi connectivity index (χ1n) is 7.76. The Balaban J connectivity index is 1.64. The Morgan fingerprint density at radius 3 is 2.83 bits per heavy atom. The Hall–Kier alpha value is -2.41. The van der Waals surface area contributed by atoms with Gasteiger partial charge in [0, 0.05) is 56.2 Å². The lowest BCUT2D eigenvalue weighted by Crippen LogP contribution is -2.46. The summed E-state index contributed by atoms with van der Waals surface area (Å²) in [7, 11) is 6.11. The highest BCUT2D eigenvalue weighted by Gasteiger charge is 2.33. The van der Waals surface area contributed by atoms with Gasteiger partial charge in [-0.1, -0.05) is 0 Å². The molecule has 0 aromatic carbocycles. The minimum Gasteiger partial charge on any atom is -0.461 e. The number of aryl methyl sites for hydroxylation is 1. The average Bonchev–Trinajstić information content (AvgIpc) is 3.09. The van der Waals surface area contributed by atoms with Crippen LogP contribution in [0.2, 0.25) is 0 Å². The van der Waals surface area contributed by atoms with Crippen molar-refractivity contribution in [3.05, 3.63) is 30.9 Å². The Kier molecular flexibility index (Phi) is 3.30. The van der Waals surface area contributed by atoms with Crippen molar-refractivity contribution in [3.8, 4) is 17.3 Å². The maximum absolute atomic E-state index is 6.13. The largest absolute Gasteiger partial charge is 0.461 e. The molecule has 0 radical (unpaired) electrons. The van der Waals surface area contributed by atoms with E-state index in [1.807, 2.05) is 29.9 Å². The zero-order valence-electron chi connectivity index (χ0n) is 13.5. The third-order valence-electron chi connectivity index (χ3n) is 4.43. The second kappa shape index (κ2) is 5.34. The van der Waals surface area contributed by atoms with Crippen LogP contribution < -0.4 is 4.74 Å². The first kappa shape index (κ1) is 14.2. The van der Waals surface area contributed by atoms with E-state index in [9.17, 15) is 0 Å². The molecule has 23 heavy (non-hydrogen) atoms. The average molecular weight is 312 g/mol. The van der Waals surface area contributed by atoms with Gasteiger partial charge in [-0.25, -0.2) is 4.98 Å². The van der Waals surface area contributed by atoms with E-state index in [4.69, 9.17) is 4.74 Å². The van der Waals surface area contributed by atoms with E-state index in [1.54, 1.807) is 17.1 Å². The number of ether oxygens (including phenoxy) is 1. The Labute approximate surface area is 134 Å². The molecule has 1 aliphatic rings. The van der Waals surface area contributed by atoms with Crippen LogP contribution >= 0.6 is 0 Å². The maximum Gasteiger partial charge on any atom is 0.303 e. The van der Waals surface area contributed by atoms with Crippen molar-refractivity contribution in [2.24, 2.45) is 7.05 Å². The standard InChI is InChI=1S/C16H20N6O/c1-20(2)12-6-13(7-12)23-16-19-14(11-9-18-21(3)10-11)8-15-17-4-5-22(15)16/h4-5,8-10,12-13H,6-7H2,1-3H3. The number of aromatic nitrogens is 5. The van der Waals surface area contributed by atoms with E-state index < -0.39 is 0 Å². The van der Waals surface area contributed by atoms with Crippen molar-refractivity contribution in [2.75, 3.05) is 14.1 Å². The van der Waals surface area contributed by atoms with E-state index in [0.29, 0.717) is 12.1 Å². The number of nitrogens with zero attached hydrogens (tertiary/aromatic N) is 6. The van der Waals surface area contributed by atoms with Gasteiger partial charge in [0.2, 0.25) is 0 Å². The van der Waals surface area contributed by atoms with Crippen LogP contribution in [0.1, 0.15) is 12.8 Å². The number of imidazole rings is 1. The predicted molar refractivity (Wildman–Crippen MR) is 86.3 cm³/mol. The molecule has 0 N–H and O–H groups in total. The van der Waals surface area contributed by atoms with Gasteiger partial charge in [-0.2, -0.15) is 10.1 Å². The molecule has 7 heteroatoms. The summed E-state index contributed by atoms with van der Waals surface area (Å²) in [6.07, 6.45) is 9.66. The number of hydrogen-bond acceptors (Lipinski definition) is 5. The zero-order chi connectivity index (χ0) is 16.0. The van der Waals surface area contributed by atoms with Gasteiger partial charge in [-0.15, -0.1) is 0 Å². The van der Waals surface area contributed by atoms with Crippen LogP contribution in [-0.4, -0.2) is 55.3 Å². The molecule has 0 unspecified atom stereocenters. The molecule has 0 aliphatic heterocycles. The van der Waals surface area contributed by atoms with Crippen molar-refractivity contribution >= 4 is 5.65 Å². The Morgan fingerprint density at radius 2 is 2.13 bits per heavy atom. The van der Waals surface area contributed by atoms with Crippen molar-refractivity contribution in [3.63, 3.8) is 0 Å².